The molecule has 21 heavy (non-hydrogen) atoms. The second kappa shape index (κ2) is 6.30. The molecule has 1 heterocycles. The van der Waals surface area contributed by atoms with E-state index in [0.717, 1.165) is 15.2 Å². The lowest BCUT2D eigenvalue weighted by atomic mass is 10.0. The number of nitrogens with zero attached hydrogens (tertiary/aromatic N) is 1. The SMILES string of the molecule is NNC(Cc1nc2ccccc2s1)Cc1ccccc1F. The van der Waals surface area contributed by atoms with Crippen molar-refractivity contribution in [2.24, 2.45) is 5.84 Å². The van der Waals surface area contributed by atoms with Crippen LogP contribution in [0.1, 0.15) is 10.6 Å². The molecular formula is C16H16FN3S. The highest BCUT2D eigenvalue weighted by molar-refractivity contribution is 7.18. The van der Waals surface area contributed by atoms with E-state index in [1.54, 1.807) is 23.5 Å². The molecule has 1 aromatic heterocycles. The van der Waals surface area contributed by atoms with Crippen LogP contribution in [0.25, 0.3) is 10.2 Å². The van der Waals surface area contributed by atoms with Gasteiger partial charge in [-0.1, -0.05) is 30.3 Å². The maximum absolute atomic E-state index is 13.7. The molecular weight excluding hydrogens is 285 g/mol. The maximum atomic E-state index is 13.7. The van der Waals surface area contributed by atoms with Gasteiger partial charge in [-0.05, 0) is 30.2 Å². The summed E-state index contributed by atoms with van der Waals surface area (Å²) < 4.78 is 14.9. The fraction of sp³-hybridized carbons (Fsp3) is 0.188. The van der Waals surface area contributed by atoms with E-state index in [2.05, 4.69) is 16.5 Å². The first-order valence-corrected chi connectivity index (χ1v) is 7.62. The average molecular weight is 301 g/mol. The Kier molecular flexibility index (Phi) is 4.24. The summed E-state index contributed by atoms with van der Waals surface area (Å²) in [6.07, 6.45) is 1.23. The molecule has 0 radical (unpaired) electrons. The van der Waals surface area contributed by atoms with E-state index in [1.807, 2.05) is 24.3 Å². The summed E-state index contributed by atoms with van der Waals surface area (Å²) in [6.45, 7) is 0. The van der Waals surface area contributed by atoms with E-state index in [0.29, 0.717) is 18.4 Å². The van der Waals surface area contributed by atoms with Crippen molar-refractivity contribution in [2.75, 3.05) is 0 Å². The summed E-state index contributed by atoms with van der Waals surface area (Å²) in [7, 11) is 0. The molecule has 0 bridgehead atoms. The first-order valence-electron chi connectivity index (χ1n) is 6.80. The number of hydrazine groups is 1. The molecule has 0 saturated carbocycles. The van der Waals surface area contributed by atoms with Crippen molar-refractivity contribution in [1.29, 1.82) is 0 Å². The number of fused-ring (bicyclic) bond motifs is 1. The molecule has 0 aliphatic rings. The zero-order valence-electron chi connectivity index (χ0n) is 11.4. The average Bonchev–Trinajstić information content (AvgIpc) is 2.91. The van der Waals surface area contributed by atoms with E-state index in [9.17, 15) is 4.39 Å². The van der Waals surface area contributed by atoms with Crippen LogP contribution in [-0.2, 0) is 12.8 Å². The molecule has 3 rings (SSSR count). The minimum atomic E-state index is -0.193. The van der Waals surface area contributed by atoms with Gasteiger partial charge in [-0.15, -0.1) is 11.3 Å². The Labute approximate surface area is 126 Å². The molecule has 0 amide bonds. The van der Waals surface area contributed by atoms with Crippen molar-refractivity contribution in [3.63, 3.8) is 0 Å². The highest BCUT2D eigenvalue weighted by atomic mass is 32.1. The van der Waals surface area contributed by atoms with Crippen LogP contribution in [0.4, 0.5) is 4.39 Å². The summed E-state index contributed by atoms with van der Waals surface area (Å²) in [5, 5.41) is 1.01. The number of halogens is 1. The van der Waals surface area contributed by atoms with Crippen LogP contribution in [-0.4, -0.2) is 11.0 Å². The molecule has 5 heteroatoms. The highest BCUT2D eigenvalue weighted by Crippen LogP contribution is 2.23. The Morgan fingerprint density at radius 1 is 1.10 bits per heavy atom. The van der Waals surface area contributed by atoms with E-state index < -0.39 is 0 Å². The first-order chi connectivity index (χ1) is 10.3. The Morgan fingerprint density at radius 2 is 1.86 bits per heavy atom. The number of thiazole rings is 1. The van der Waals surface area contributed by atoms with E-state index in [-0.39, 0.29) is 11.9 Å². The smallest absolute Gasteiger partial charge is 0.126 e. The molecule has 0 spiro atoms. The summed E-state index contributed by atoms with van der Waals surface area (Å²) in [5.41, 5.74) is 4.44. The van der Waals surface area contributed by atoms with Crippen LogP contribution < -0.4 is 11.3 Å². The molecule has 0 saturated heterocycles. The summed E-state index contributed by atoms with van der Waals surface area (Å²) in [6, 6.07) is 14.8. The Balaban J connectivity index is 1.76. The van der Waals surface area contributed by atoms with Gasteiger partial charge in [0, 0.05) is 12.5 Å². The number of hydrogen-bond acceptors (Lipinski definition) is 4. The van der Waals surface area contributed by atoms with Crippen molar-refractivity contribution >= 4 is 21.6 Å². The second-order valence-electron chi connectivity index (χ2n) is 4.94. The Hall–Kier alpha value is -1.82. The lowest BCUT2D eigenvalue weighted by Gasteiger charge is -2.14. The van der Waals surface area contributed by atoms with Gasteiger partial charge in [0.05, 0.1) is 15.2 Å². The summed E-state index contributed by atoms with van der Waals surface area (Å²) in [4.78, 5) is 4.59. The maximum Gasteiger partial charge on any atom is 0.126 e. The molecule has 0 aliphatic heterocycles. The molecule has 108 valence electrons. The third-order valence-electron chi connectivity index (χ3n) is 3.42. The van der Waals surface area contributed by atoms with Gasteiger partial charge in [-0.25, -0.2) is 9.37 Å². The van der Waals surface area contributed by atoms with Crippen molar-refractivity contribution in [3.05, 3.63) is 64.9 Å². The highest BCUT2D eigenvalue weighted by Gasteiger charge is 2.14. The van der Waals surface area contributed by atoms with E-state index in [1.165, 1.54) is 6.07 Å². The minimum absolute atomic E-state index is 0.0394. The number of aromatic nitrogens is 1. The largest absolute Gasteiger partial charge is 0.271 e. The lowest BCUT2D eigenvalue weighted by molar-refractivity contribution is 0.506. The van der Waals surface area contributed by atoms with E-state index >= 15 is 0 Å². The van der Waals surface area contributed by atoms with Gasteiger partial charge in [0.1, 0.15) is 5.82 Å². The van der Waals surface area contributed by atoms with Gasteiger partial charge in [-0.3, -0.25) is 11.3 Å². The van der Waals surface area contributed by atoms with Crippen LogP contribution in [0, 0.1) is 5.82 Å². The van der Waals surface area contributed by atoms with Gasteiger partial charge in [-0.2, -0.15) is 0 Å². The summed E-state index contributed by atoms with van der Waals surface area (Å²) in [5.74, 6) is 5.42. The lowest BCUT2D eigenvalue weighted by Crippen LogP contribution is -2.38. The van der Waals surface area contributed by atoms with Gasteiger partial charge in [0.25, 0.3) is 0 Å². The van der Waals surface area contributed by atoms with Crippen molar-refractivity contribution in [2.45, 2.75) is 18.9 Å². The molecule has 3 N–H and O–H groups in total. The number of hydrogen-bond donors (Lipinski definition) is 2. The third-order valence-corrected chi connectivity index (χ3v) is 4.48. The monoisotopic (exact) mass is 301 g/mol. The van der Waals surface area contributed by atoms with Crippen molar-refractivity contribution in [3.8, 4) is 0 Å². The predicted molar refractivity (Wildman–Crippen MR) is 84.5 cm³/mol. The molecule has 3 aromatic rings. The normalized spacial score (nSPS) is 12.7. The van der Waals surface area contributed by atoms with Crippen LogP contribution in [0.3, 0.4) is 0 Å². The minimum Gasteiger partial charge on any atom is -0.271 e. The van der Waals surface area contributed by atoms with Crippen LogP contribution in [0.5, 0.6) is 0 Å². The molecule has 1 atom stereocenters. The van der Waals surface area contributed by atoms with Crippen LogP contribution >= 0.6 is 11.3 Å². The number of nitrogens with two attached hydrogens (primary N) is 1. The second-order valence-corrected chi connectivity index (χ2v) is 6.05. The predicted octanol–water partition coefficient (Wildman–Crippen LogP) is 3.05. The third kappa shape index (κ3) is 3.26. The number of rotatable bonds is 5. The quantitative estimate of drug-likeness (QED) is 0.562. The molecule has 1 unspecified atom stereocenters. The number of benzene rings is 2. The molecule has 0 aliphatic carbocycles. The Bertz CT molecular complexity index is 708. The zero-order valence-corrected chi connectivity index (χ0v) is 12.2. The summed E-state index contributed by atoms with van der Waals surface area (Å²) >= 11 is 1.66. The molecule has 3 nitrogen and oxygen atoms in total. The fourth-order valence-corrected chi connectivity index (χ4v) is 3.38. The zero-order chi connectivity index (χ0) is 14.7. The van der Waals surface area contributed by atoms with Gasteiger partial charge in [0.15, 0.2) is 0 Å². The van der Waals surface area contributed by atoms with Gasteiger partial charge >= 0.3 is 0 Å². The topological polar surface area (TPSA) is 50.9 Å². The van der Waals surface area contributed by atoms with Crippen molar-refractivity contribution in [1.82, 2.24) is 10.4 Å². The van der Waals surface area contributed by atoms with Crippen LogP contribution in [0.15, 0.2) is 48.5 Å². The fourth-order valence-electron chi connectivity index (χ4n) is 2.34. The Morgan fingerprint density at radius 3 is 2.62 bits per heavy atom. The molecule has 0 fully saturated rings. The first kappa shape index (κ1) is 14.1. The number of nitrogens with one attached hydrogen (secondary N) is 1. The number of para-hydroxylation sites is 1. The van der Waals surface area contributed by atoms with Gasteiger partial charge in [0.2, 0.25) is 0 Å². The standard InChI is InChI=1S/C16H16FN3S/c17-13-6-2-1-5-11(13)9-12(20-18)10-16-19-14-7-3-4-8-15(14)21-16/h1-8,12,20H,9-10,18H2. The molecule has 2 aromatic carbocycles. The van der Waals surface area contributed by atoms with Crippen molar-refractivity contribution < 1.29 is 4.39 Å². The van der Waals surface area contributed by atoms with Crippen LogP contribution in [0.2, 0.25) is 0 Å². The van der Waals surface area contributed by atoms with E-state index in [4.69, 9.17) is 5.84 Å². The van der Waals surface area contributed by atoms with Gasteiger partial charge < -0.3 is 0 Å².